The Kier molecular flexibility index (Phi) is 5.52. The Labute approximate surface area is 203 Å². The van der Waals surface area contributed by atoms with Gasteiger partial charge in [-0.25, -0.2) is 0 Å². The third kappa shape index (κ3) is 4.41. The summed E-state index contributed by atoms with van der Waals surface area (Å²) in [5, 5.41) is 0. The maximum atomic E-state index is 13.3. The lowest BCUT2D eigenvalue weighted by Crippen LogP contribution is -2.32. The molecule has 3 aromatic carbocycles. The predicted molar refractivity (Wildman–Crippen MR) is 130 cm³/mol. The van der Waals surface area contributed by atoms with Crippen LogP contribution in [0.25, 0.3) is 0 Å². The molecule has 1 saturated carbocycles. The summed E-state index contributed by atoms with van der Waals surface area (Å²) in [4.78, 5) is 30.0. The number of carbonyl (C=O) groups excluding carboxylic acids is 2. The van der Waals surface area contributed by atoms with Crippen molar-refractivity contribution in [1.82, 2.24) is 4.90 Å². The minimum Gasteiger partial charge on any atom is -0.491 e. The third-order valence-electron chi connectivity index (χ3n) is 6.61. The van der Waals surface area contributed by atoms with E-state index in [0.717, 1.165) is 35.4 Å². The van der Waals surface area contributed by atoms with Gasteiger partial charge in [-0.2, -0.15) is 0 Å². The van der Waals surface area contributed by atoms with E-state index >= 15 is 0 Å². The first-order valence-corrected chi connectivity index (χ1v) is 12.0. The van der Waals surface area contributed by atoms with Crippen LogP contribution >= 0.6 is 0 Å². The normalized spacial score (nSPS) is 16.2. The van der Waals surface area contributed by atoms with Crippen LogP contribution in [0.4, 0.5) is 5.69 Å². The highest BCUT2D eigenvalue weighted by molar-refractivity contribution is 5.96. The van der Waals surface area contributed by atoms with Crippen LogP contribution in [0.1, 0.15) is 34.3 Å². The summed E-state index contributed by atoms with van der Waals surface area (Å²) in [6, 6.07) is 21.1. The molecule has 0 radical (unpaired) electrons. The molecule has 1 fully saturated rings. The van der Waals surface area contributed by atoms with E-state index in [1.807, 2.05) is 47.4 Å². The number of para-hydroxylation sites is 1. The summed E-state index contributed by atoms with van der Waals surface area (Å²) < 4.78 is 16.8. The molecular weight excluding hydrogens is 444 g/mol. The van der Waals surface area contributed by atoms with Gasteiger partial charge in [0.15, 0.2) is 11.5 Å². The molecular formula is C28H26N2O5. The van der Waals surface area contributed by atoms with Gasteiger partial charge >= 0.3 is 0 Å². The van der Waals surface area contributed by atoms with E-state index in [4.69, 9.17) is 14.2 Å². The van der Waals surface area contributed by atoms with Crippen molar-refractivity contribution in [2.24, 2.45) is 5.92 Å². The number of hydrogen-bond donors (Lipinski definition) is 0. The second kappa shape index (κ2) is 8.98. The fourth-order valence-electron chi connectivity index (χ4n) is 4.57. The molecule has 0 spiro atoms. The second-order valence-electron chi connectivity index (χ2n) is 9.12. The zero-order valence-electron chi connectivity index (χ0n) is 19.3. The Bertz CT molecular complexity index is 1270. The first kappa shape index (κ1) is 21.5. The number of anilines is 1. The molecule has 1 aliphatic carbocycles. The van der Waals surface area contributed by atoms with Crippen molar-refractivity contribution in [2.45, 2.75) is 25.9 Å². The summed E-state index contributed by atoms with van der Waals surface area (Å²) in [6.45, 7) is 1.97. The molecule has 2 aliphatic heterocycles. The molecule has 6 rings (SSSR count). The Morgan fingerprint density at radius 3 is 2.51 bits per heavy atom. The fourth-order valence-corrected chi connectivity index (χ4v) is 4.57. The highest BCUT2D eigenvalue weighted by atomic mass is 16.7. The van der Waals surface area contributed by atoms with Gasteiger partial charge in [0, 0.05) is 29.3 Å². The highest BCUT2D eigenvalue weighted by Crippen LogP contribution is 2.35. The van der Waals surface area contributed by atoms with Gasteiger partial charge in [0.05, 0.1) is 13.1 Å². The predicted octanol–water partition coefficient (Wildman–Crippen LogP) is 4.39. The lowest BCUT2D eigenvalue weighted by molar-refractivity contribution is -0.119. The highest BCUT2D eigenvalue weighted by Gasteiger charge is 2.34. The molecule has 35 heavy (non-hydrogen) atoms. The summed E-state index contributed by atoms with van der Waals surface area (Å²) in [5.41, 5.74) is 3.39. The molecule has 7 heteroatoms. The van der Waals surface area contributed by atoms with Crippen molar-refractivity contribution in [2.75, 3.05) is 24.8 Å². The van der Waals surface area contributed by atoms with Crippen LogP contribution in [-0.2, 0) is 17.9 Å². The van der Waals surface area contributed by atoms with Crippen LogP contribution in [0.5, 0.6) is 17.2 Å². The molecule has 3 aromatic rings. The van der Waals surface area contributed by atoms with Gasteiger partial charge in [0.1, 0.15) is 12.4 Å². The van der Waals surface area contributed by atoms with Crippen molar-refractivity contribution in [3.8, 4) is 17.2 Å². The number of nitrogens with zero attached hydrogens (tertiary/aromatic N) is 2. The van der Waals surface area contributed by atoms with Gasteiger partial charge in [-0.15, -0.1) is 0 Å². The lowest BCUT2D eigenvalue weighted by atomic mass is 10.1. The molecule has 0 unspecified atom stereocenters. The number of carbonyl (C=O) groups is 2. The average Bonchev–Trinajstić information content (AvgIpc) is 3.67. The zero-order chi connectivity index (χ0) is 23.8. The number of rotatable bonds is 5. The first-order valence-electron chi connectivity index (χ1n) is 12.0. The van der Waals surface area contributed by atoms with Crippen molar-refractivity contribution < 1.29 is 23.8 Å². The Morgan fingerprint density at radius 2 is 1.69 bits per heavy atom. The van der Waals surface area contributed by atoms with Crippen LogP contribution in [0, 0.1) is 5.92 Å². The van der Waals surface area contributed by atoms with E-state index in [2.05, 4.69) is 6.07 Å². The van der Waals surface area contributed by atoms with Crippen LogP contribution in [0.2, 0.25) is 0 Å². The van der Waals surface area contributed by atoms with Gasteiger partial charge in [-0.1, -0.05) is 24.3 Å². The summed E-state index contributed by atoms with van der Waals surface area (Å²) in [6.07, 6.45) is 1.91. The molecule has 0 atom stereocenters. The number of benzene rings is 3. The maximum absolute atomic E-state index is 13.3. The summed E-state index contributed by atoms with van der Waals surface area (Å²) >= 11 is 0. The maximum Gasteiger partial charge on any atom is 0.254 e. The summed E-state index contributed by atoms with van der Waals surface area (Å²) in [7, 11) is 0. The van der Waals surface area contributed by atoms with Crippen molar-refractivity contribution >= 4 is 17.5 Å². The molecule has 7 nitrogen and oxygen atoms in total. The third-order valence-corrected chi connectivity index (χ3v) is 6.61. The number of amides is 2. The van der Waals surface area contributed by atoms with E-state index in [1.165, 1.54) is 0 Å². The van der Waals surface area contributed by atoms with Crippen LogP contribution in [-0.4, -0.2) is 36.7 Å². The zero-order valence-corrected chi connectivity index (χ0v) is 19.3. The average molecular weight is 471 g/mol. The second-order valence-corrected chi connectivity index (χ2v) is 9.12. The minimum absolute atomic E-state index is 0.0834. The van der Waals surface area contributed by atoms with E-state index in [-0.39, 0.29) is 24.5 Å². The van der Waals surface area contributed by atoms with Crippen molar-refractivity contribution in [1.29, 1.82) is 0 Å². The smallest absolute Gasteiger partial charge is 0.254 e. The van der Waals surface area contributed by atoms with Gasteiger partial charge < -0.3 is 24.0 Å². The standard InChI is InChI=1S/C28H26N2O5/c31-27(21-9-11-25-26(15-21)35-18-34-25)29-12-13-33-24-10-6-19(14-22(24)17-29)16-30(28(32)20-7-8-20)23-4-2-1-3-5-23/h1-6,9-11,14-15,20H,7-8,12-13,16-18H2. The molecule has 2 heterocycles. The largest absolute Gasteiger partial charge is 0.491 e. The van der Waals surface area contributed by atoms with E-state index in [1.54, 1.807) is 23.1 Å². The molecule has 0 saturated heterocycles. The molecule has 3 aliphatic rings. The first-order chi connectivity index (χ1) is 17.2. The van der Waals surface area contributed by atoms with Gasteiger partial charge in [-0.05, 0) is 60.9 Å². The molecule has 178 valence electrons. The molecule has 0 aromatic heterocycles. The molecule has 0 N–H and O–H groups in total. The van der Waals surface area contributed by atoms with E-state index in [9.17, 15) is 9.59 Å². The number of fused-ring (bicyclic) bond motifs is 2. The van der Waals surface area contributed by atoms with Crippen LogP contribution in [0.15, 0.2) is 66.7 Å². The monoisotopic (exact) mass is 470 g/mol. The molecule has 2 amide bonds. The Balaban J connectivity index is 1.24. The van der Waals surface area contributed by atoms with Gasteiger partial charge in [0.25, 0.3) is 5.91 Å². The Hall–Kier alpha value is -4.00. The van der Waals surface area contributed by atoms with E-state index in [0.29, 0.717) is 43.3 Å². The quantitative estimate of drug-likeness (QED) is 0.553. The summed E-state index contributed by atoms with van der Waals surface area (Å²) in [5.74, 6) is 2.22. The SMILES string of the molecule is O=C(c1ccc2c(c1)OCO2)N1CCOc2ccc(CN(C(=O)C3CC3)c3ccccc3)cc2C1. The minimum atomic E-state index is -0.0834. The van der Waals surface area contributed by atoms with Gasteiger partial charge in [-0.3, -0.25) is 9.59 Å². The van der Waals surface area contributed by atoms with Crippen LogP contribution in [0.3, 0.4) is 0 Å². The lowest BCUT2D eigenvalue weighted by Gasteiger charge is -2.24. The fraction of sp³-hybridized carbons (Fsp3) is 0.286. The van der Waals surface area contributed by atoms with Crippen molar-refractivity contribution in [3.05, 3.63) is 83.4 Å². The number of hydrogen-bond acceptors (Lipinski definition) is 5. The number of ether oxygens (including phenoxy) is 3. The topological polar surface area (TPSA) is 68.3 Å². The van der Waals surface area contributed by atoms with E-state index < -0.39 is 0 Å². The Morgan fingerprint density at radius 1 is 0.886 bits per heavy atom. The molecule has 0 bridgehead atoms. The van der Waals surface area contributed by atoms with Crippen molar-refractivity contribution in [3.63, 3.8) is 0 Å². The van der Waals surface area contributed by atoms with Gasteiger partial charge in [0.2, 0.25) is 12.7 Å². The van der Waals surface area contributed by atoms with Crippen LogP contribution < -0.4 is 19.1 Å².